The second kappa shape index (κ2) is 12.7. The largest absolute Gasteiger partial charge is 0.467 e. The standard InChI is InChI=1S/C24H34F3N3O6/c1-14(2)11-16(13-30(34)35)20(31)29-19(23(3,4)5)21(32)28-18(22(33)36-6)12-15-9-7-8-10-17(15)24(25,26)27/h7-10,14,16,18-19H,11-13H2,1-6H3,(H,28,32)(H,29,31)/t16-,18+,19-/m1/s1. The summed E-state index contributed by atoms with van der Waals surface area (Å²) in [4.78, 5) is 48.9. The fourth-order valence-electron chi connectivity index (χ4n) is 3.73. The second-order valence-electron chi connectivity index (χ2n) is 10.1. The van der Waals surface area contributed by atoms with Crippen molar-refractivity contribution in [3.63, 3.8) is 0 Å². The summed E-state index contributed by atoms with van der Waals surface area (Å²) in [6.07, 6.45) is -4.97. The van der Waals surface area contributed by atoms with Gasteiger partial charge in [0.15, 0.2) is 0 Å². The lowest BCUT2D eigenvalue weighted by molar-refractivity contribution is -0.486. The fraction of sp³-hybridized carbons (Fsp3) is 0.625. The van der Waals surface area contributed by atoms with Crippen LogP contribution in [0.5, 0.6) is 0 Å². The van der Waals surface area contributed by atoms with E-state index < -0.39 is 70.8 Å². The molecule has 0 spiro atoms. The molecule has 2 amide bonds. The molecule has 9 nitrogen and oxygen atoms in total. The van der Waals surface area contributed by atoms with Gasteiger partial charge in [-0.2, -0.15) is 13.2 Å². The van der Waals surface area contributed by atoms with E-state index in [0.29, 0.717) is 0 Å². The van der Waals surface area contributed by atoms with E-state index in [0.717, 1.165) is 13.2 Å². The summed E-state index contributed by atoms with van der Waals surface area (Å²) in [7, 11) is 1.04. The summed E-state index contributed by atoms with van der Waals surface area (Å²) < 4.78 is 45.0. The normalized spacial score (nSPS) is 14.5. The third-order valence-corrected chi connectivity index (χ3v) is 5.46. The first-order valence-corrected chi connectivity index (χ1v) is 11.4. The van der Waals surface area contributed by atoms with Crippen molar-refractivity contribution in [1.29, 1.82) is 0 Å². The SMILES string of the molecule is COC(=O)[C@H](Cc1ccccc1C(F)(F)F)NC(=O)[C@@H](NC(=O)[C@H](CC(C)C)C[N+](=O)[O-])C(C)(C)C. The van der Waals surface area contributed by atoms with Gasteiger partial charge in [0.05, 0.1) is 12.7 Å². The first-order chi connectivity index (χ1) is 16.5. The molecule has 0 aliphatic heterocycles. The Morgan fingerprint density at radius 3 is 2.11 bits per heavy atom. The lowest BCUT2D eigenvalue weighted by atomic mass is 9.85. The zero-order valence-electron chi connectivity index (χ0n) is 21.3. The molecule has 0 radical (unpaired) electrons. The van der Waals surface area contributed by atoms with Gasteiger partial charge in [0.1, 0.15) is 18.0 Å². The minimum atomic E-state index is -4.67. The molecule has 2 N–H and O–H groups in total. The molecule has 0 saturated carbocycles. The summed E-state index contributed by atoms with van der Waals surface area (Å²) >= 11 is 0. The molecule has 1 aromatic carbocycles. The number of carbonyl (C=O) groups is 3. The molecule has 36 heavy (non-hydrogen) atoms. The van der Waals surface area contributed by atoms with E-state index in [-0.39, 0.29) is 17.9 Å². The highest BCUT2D eigenvalue weighted by Crippen LogP contribution is 2.32. The van der Waals surface area contributed by atoms with Crippen LogP contribution in [-0.4, -0.2) is 48.4 Å². The van der Waals surface area contributed by atoms with Crippen molar-refractivity contribution >= 4 is 17.8 Å². The summed E-state index contributed by atoms with van der Waals surface area (Å²) in [5, 5.41) is 16.0. The molecular weight excluding hydrogens is 483 g/mol. The van der Waals surface area contributed by atoms with Gasteiger partial charge >= 0.3 is 12.1 Å². The predicted octanol–water partition coefficient (Wildman–Crippen LogP) is 3.38. The maximum atomic E-state index is 13.4. The first-order valence-electron chi connectivity index (χ1n) is 11.4. The Morgan fingerprint density at radius 2 is 1.64 bits per heavy atom. The Morgan fingerprint density at radius 1 is 1.06 bits per heavy atom. The molecule has 0 heterocycles. The van der Waals surface area contributed by atoms with Gasteiger partial charge in [0.2, 0.25) is 18.4 Å². The number of nitrogens with zero attached hydrogens (tertiary/aromatic N) is 1. The number of alkyl halides is 3. The number of hydrogen-bond acceptors (Lipinski definition) is 6. The average Bonchev–Trinajstić information content (AvgIpc) is 2.73. The van der Waals surface area contributed by atoms with Gasteiger partial charge in [-0.3, -0.25) is 19.7 Å². The lowest BCUT2D eigenvalue weighted by Gasteiger charge is -2.32. The van der Waals surface area contributed by atoms with Crippen LogP contribution < -0.4 is 10.6 Å². The molecule has 1 aromatic rings. The van der Waals surface area contributed by atoms with E-state index in [1.165, 1.54) is 18.2 Å². The molecule has 0 saturated heterocycles. The quantitative estimate of drug-likeness (QED) is 0.263. The molecule has 202 valence electrons. The number of carbonyl (C=O) groups excluding carboxylic acids is 3. The van der Waals surface area contributed by atoms with Crippen LogP contribution in [0.25, 0.3) is 0 Å². The molecule has 0 unspecified atom stereocenters. The van der Waals surface area contributed by atoms with E-state index >= 15 is 0 Å². The van der Waals surface area contributed by atoms with Crippen LogP contribution in [0.3, 0.4) is 0 Å². The van der Waals surface area contributed by atoms with Crippen molar-refractivity contribution in [3.8, 4) is 0 Å². The van der Waals surface area contributed by atoms with Crippen LogP contribution in [0.15, 0.2) is 24.3 Å². The number of benzene rings is 1. The summed E-state index contributed by atoms with van der Waals surface area (Å²) in [5.41, 5.74) is -2.08. The average molecular weight is 518 g/mol. The highest BCUT2D eigenvalue weighted by molar-refractivity contribution is 5.92. The van der Waals surface area contributed by atoms with Gasteiger partial charge in [-0.1, -0.05) is 52.8 Å². The highest BCUT2D eigenvalue weighted by atomic mass is 19.4. The Bertz CT molecular complexity index is 944. The van der Waals surface area contributed by atoms with Crippen molar-refractivity contribution in [2.75, 3.05) is 13.7 Å². The molecule has 0 aromatic heterocycles. The van der Waals surface area contributed by atoms with Crippen LogP contribution in [0, 0.1) is 27.4 Å². The molecule has 0 fully saturated rings. The molecule has 1 rings (SSSR count). The van der Waals surface area contributed by atoms with Crippen LogP contribution >= 0.6 is 0 Å². The number of ether oxygens (including phenoxy) is 1. The minimum absolute atomic E-state index is 0.0278. The van der Waals surface area contributed by atoms with Crippen LogP contribution in [0.2, 0.25) is 0 Å². The summed E-state index contributed by atoms with van der Waals surface area (Å²) in [6, 6.07) is 1.94. The Labute approximate surface area is 208 Å². The molecule has 0 aliphatic carbocycles. The van der Waals surface area contributed by atoms with Gasteiger partial charge in [-0.15, -0.1) is 0 Å². The maximum Gasteiger partial charge on any atom is 0.416 e. The molecule has 0 aliphatic rings. The number of nitrogens with one attached hydrogen (secondary N) is 2. The number of halogens is 3. The lowest BCUT2D eigenvalue weighted by Crippen LogP contribution is -2.58. The maximum absolute atomic E-state index is 13.4. The minimum Gasteiger partial charge on any atom is -0.467 e. The smallest absolute Gasteiger partial charge is 0.416 e. The summed E-state index contributed by atoms with van der Waals surface area (Å²) in [5.74, 6) is -3.52. The number of nitro groups is 1. The van der Waals surface area contributed by atoms with Crippen molar-refractivity contribution < 1.29 is 37.2 Å². The molecule has 12 heteroatoms. The van der Waals surface area contributed by atoms with E-state index in [4.69, 9.17) is 0 Å². The first kappa shape index (κ1) is 30.9. The third kappa shape index (κ3) is 9.46. The second-order valence-corrected chi connectivity index (χ2v) is 10.1. The molecule has 0 bridgehead atoms. The predicted molar refractivity (Wildman–Crippen MR) is 125 cm³/mol. The Kier molecular flexibility index (Phi) is 10.9. The van der Waals surface area contributed by atoms with Gasteiger partial charge in [-0.25, -0.2) is 4.79 Å². The van der Waals surface area contributed by atoms with Crippen LogP contribution in [0.1, 0.15) is 52.2 Å². The third-order valence-electron chi connectivity index (χ3n) is 5.46. The van der Waals surface area contributed by atoms with Crippen LogP contribution in [-0.2, 0) is 31.7 Å². The van der Waals surface area contributed by atoms with Crippen molar-refractivity contribution in [1.82, 2.24) is 10.6 Å². The van der Waals surface area contributed by atoms with Gasteiger partial charge in [0, 0.05) is 11.3 Å². The number of methoxy groups -OCH3 is 1. The van der Waals surface area contributed by atoms with E-state index in [9.17, 15) is 37.7 Å². The topological polar surface area (TPSA) is 128 Å². The van der Waals surface area contributed by atoms with E-state index in [2.05, 4.69) is 15.4 Å². The Hall–Kier alpha value is -3.18. The monoisotopic (exact) mass is 517 g/mol. The molecular formula is C24H34F3N3O6. The highest BCUT2D eigenvalue weighted by Gasteiger charge is 2.39. The van der Waals surface area contributed by atoms with Crippen molar-refractivity contribution in [2.45, 2.75) is 65.7 Å². The number of hydrogen-bond donors (Lipinski definition) is 2. The number of rotatable bonds is 11. The zero-order chi connectivity index (χ0) is 27.8. The Balaban J connectivity index is 3.22. The number of amides is 2. The zero-order valence-corrected chi connectivity index (χ0v) is 21.3. The van der Waals surface area contributed by atoms with Crippen molar-refractivity contribution in [3.05, 3.63) is 45.5 Å². The molecule has 3 atom stereocenters. The van der Waals surface area contributed by atoms with Gasteiger partial charge in [-0.05, 0) is 29.4 Å². The van der Waals surface area contributed by atoms with Crippen molar-refractivity contribution in [2.24, 2.45) is 17.3 Å². The summed E-state index contributed by atoms with van der Waals surface area (Å²) in [6.45, 7) is 7.88. The fourth-order valence-corrected chi connectivity index (χ4v) is 3.73. The van der Waals surface area contributed by atoms with E-state index in [1.807, 2.05) is 0 Å². The van der Waals surface area contributed by atoms with Gasteiger partial charge < -0.3 is 15.4 Å². The number of esters is 1. The van der Waals surface area contributed by atoms with Gasteiger partial charge in [0.25, 0.3) is 0 Å². The van der Waals surface area contributed by atoms with E-state index in [1.54, 1.807) is 34.6 Å². The van der Waals surface area contributed by atoms with Crippen LogP contribution in [0.4, 0.5) is 13.2 Å².